The van der Waals surface area contributed by atoms with Crippen LogP contribution in [-0.2, 0) is 9.59 Å². The molecule has 1 aliphatic rings. The average Bonchev–Trinajstić information content (AvgIpc) is 3.05. The predicted molar refractivity (Wildman–Crippen MR) is 106 cm³/mol. The first-order valence-electron chi connectivity index (χ1n) is 8.96. The molecule has 4 rings (SSSR count). The highest BCUT2D eigenvalue weighted by atomic mass is 16.5. The summed E-state index contributed by atoms with van der Waals surface area (Å²) in [6, 6.07) is 16.0. The van der Waals surface area contributed by atoms with E-state index in [9.17, 15) is 9.59 Å². The minimum atomic E-state index is -0.720. The molecule has 28 heavy (non-hydrogen) atoms. The molecule has 2 heterocycles. The molecule has 1 atom stereocenters. The van der Waals surface area contributed by atoms with Crippen molar-refractivity contribution in [2.75, 3.05) is 17.7 Å². The molecule has 0 saturated carbocycles. The summed E-state index contributed by atoms with van der Waals surface area (Å²) in [6.07, 6.45) is 0.0321. The van der Waals surface area contributed by atoms with Crippen molar-refractivity contribution in [2.24, 2.45) is 0 Å². The van der Waals surface area contributed by atoms with Gasteiger partial charge in [-0.25, -0.2) is 4.68 Å². The Kier molecular flexibility index (Phi) is 4.57. The maximum absolute atomic E-state index is 12.9. The zero-order valence-corrected chi connectivity index (χ0v) is 15.6. The number of rotatable bonds is 4. The van der Waals surface area contributed by atoms with Crippen LogP contribution >= 0.6 is 0 Å². The third kappa shape index (κ3) is 3.22. The Balaban J connectivity index is 1.66. The number of anilines is 2. The van der Waals surface area contributed by atoms with Crippen molar-refractivity contribution in [3.05, 3.63) is 60.2 Å². The molecule has 2 aromatic carbocycles. The number of hydrogen-bond donors (Lipinski definition) is 2. The summed E-state index contributed by atoms with van der Waals surface area (Å²) in [5, 5.41) is 10.4. The van der Waals surface area contributed by atoms with E-state index in [4.69, 9.17) is 4.74 Å². The fourth-order valence-electron chi connectivity index (χ4n) is 3.31. The Morgan fingerprint density at radius 2 is 1.89 bits per heavy atom. The van der Waals surface area contributed by atoms with Gasteiger partial charge < -0.3 is 15.4 Å². The van der Waals surface area contributed by atoms with E-state index in [-0.39, 0.29) is 18.2 Å². The van der Waals surface area contributed by atoms with E-state index in [1.54, 1.807) is 36.1 Å². The molecule has 0 aliphatic carbocycles. The zero-order valence-electron chi connectivity index (χ0n) is 15.6. The van der Waals surface area contributed by atoms with Gasteiger partial charge in [0.15, 0.2) is 0 Å². The van der Waals surface area contributed by atoms with E-state index in [0.717, 1.165) is 16.8 Å². The number of carbonyl (C=O) groups is 2. The van der Waals surface area contributed by atoms with Crippen molar-refractivity contribution in [1.82, 2.24) is 9.78 Å². The van der Waals surface area contributed by atoms with Crippen LogP contribution in [0, 0.1) is 6.92 Å². The Morgan fingerprint density at radius 3 is 2.57 bits per heavy atom. The average molecular weight is 376 g/mol. The quantitative estimate of drug-likeness (QED) is 0.731. The lowest BCUT2D eigenvalue weighted by Gasteiger charge is -2.24. The van der Waals surface area contributed by atoms with Gasteiger partial charge in [-0.2, -0.15) is 5.10 Å². The van der Waals surface area contributed by atoms with Gasteiger partial charge in [0.1, 0.15) is 17.6 Å². The number of amides is 2. The molecule has 1 aromatic heterocycles. The third-order valence-corrected chi connectivity index (χ3v) is 4.79. The van der Waals surface area contributed by atoms with Crippen LogP contribution in [0.2, 0.25) is 0 Å². The van der Waals surface area contributed by atoms with Gasteiger partial charge in [-0.05, 0) is 31.2 Å². The van der Waals surface area contributed by atoms with Gasteiger partial charge in [0.25, 0.3) is 0 Å². The van der Waals surface area contributed by atoms with E-state index < -0.39 is 6.04 Å². The Morgan fingerprint density at radius 1 is 1.18 bits per heavy atom. The highest BCUT2D eigenvalue weighted by molar-refractivity contribution is 6.02. The summed E-state index contributed by atoms with van der Waals surface area (Å²) in [5.41, 5.74) is 3.15. The number of nitrogens with one attached hydrogen (secondary N) is 2. The van der Waals surface area contributed by atoms with Crippen molar-refractivity contribution in [3.8, 4) is 17.0 Å². The molecular formula is C21H20N4O3. The van der Waals surface area contributed by atoms with Gasteiger partial charge in [0, 0.05) is 16.8 Å². The van der Waals surface area contributed by atoms with E-state index in [1.807, 2.05) is 37.3 Å². The van der Waals surface area contributed by atoms with Crippen molar-refractivity contribution >= 4 is 23.3 Å². The number of fused-ring (bicyclic) bond motifs is 1. The fourth-order valence-corrected chi connectivity index (χ4v) is 3.31. The lowest BCUT2D eigenvalue weighted by Crippen LogP contribution is -2.35. The molecular weight excluding hydrogens is 356 g/mol. The second-order valence-electron chi connectivity index (χ2n) is 6.62. The molecule has 0 bridgehead atoms. The fraction of sp³-hybridized carbons (Fsp3) is 0.190. The van der Waals surface area contributed by atoms with Crippen molar-refractivity contribution in [2.45, 2.75) is 19.4 Å². The van der Waals surface area contributed by atoms with Crippen molar-refractivity contribution in [1.29, 1.82) is 0 Å². The highest BCUT2D eigenvalue weighted by Crippen LogP contribution is 2.34. The molecule has 142 valence electrons. The first-order chi connectivity index (χ1) is 13.6. The SMILES string of the molecule is COc1ccc(NC(=O)C2CC(=O)Nc3c(C)c(-c4ccccc4)nn32)cc1. The first-order valence-corrected chi connectivity index (χ1v) is 8.96. The van der Waals surface area contributed by atoms with Crippen LogP contribution in [0.1, 0.15) is 18.0 Å². The van der Waals surface area contributed by atoms with Crippen LogP contribution in [0.3, 0.4) is 0 Å². The van der Waals surface area contributed by atoms with E-state index in [1.165, 1.54) is 0 Å². The van der Waals surface area contributed by atoms with Crippen molar-refractivity contribution in [3.63, 3.8) is 0 Å². The summed E-state index contributed by atoms with van der Waals surface area (Å²) in [5.74, 6) is 0.769. The third-order valence-electron chi connectivity index (χ3n) is 4.79. The predicted octanol–water partition coefficient (Wildman–Crippen LogP) is 3.39. The Bertz CT molecular complexity index is 1030. The van der Waals surface area contributed by atoms with Crippen LogP contribution in [0.15, 0.2) is 54.6 Å². The van der Waals surface area contributed by atoms with E-state index >= 15 is 0 Å². The van der Waals surface area contributed by atoms with Crippen LogP contribution in [0.5, 0.6) is 5.75 Å². The monoisotopic (exact) mass is 376 g/mol. The maximum atomic E-state index is 12.9. The van der Waals surface area contributed by atoms with E-state index in [2.05, 4.69) is 15.7 Å². The zero-order chi connectivity index (χ0) is 19.7. The largest absolute Gasteiger partial charge is 0.497 e. The van der Waals surface area contributed by atoms with Gasteiger partial charge >= 0.3 is 0 Å². The molecule has 7 nitrogen and oxygen atoms in total. The first kappa shape index (κ1) is 17.8. The summed E-state index contributed by atoms with van der Waals surface area (Å²) in [4.78, 5) is 25.1. The topological polar surface area (TPSA) is 85.2 Å². The normalized spacial score (nSPS) is 15.5. The summed E-state index contributed by atoms with van der Waals surface area (Å²) in [7, 11) is 1.58. The molecule has 0 radical (unpaired) electrons. The Labute approximate surface area is 162 Å². The molecule has 2 N–H and O–H groups in total. The summed E-state index contributed by atoms with van der Waals surface area (Å²) < 4.78 is 6.74. The molecule has 0 spiro atoms. The van der Waals surface area contributed by atoms with Gasteiger partial charge in [0.2, 0.25) is 11.8 Å². The number of methoxy groups -OCH3 is 1. The summed E-state index contributed by atoms with van der Waals surface area (Å²) in [6.45, 7) is 1.89. The van der Waals surface area contributed by atoms with E-state index in [0.29, 0.717) is 17.3 Å². The number of hydrogen-bond acceptors (Lipinski definition) is 4. The van der Waals surface area contributed by atoms with Gasteiger partial charge in [-0.3, -0.25) is 9.59 Å². The lowest BCUT2D eigenvalue weighted by atomic mass is 10.1. The van der Waals surface area contributed by atoms with Crippen LogP contribution in [0.4, 0.5) is 11.5 Å². The highest BCUT2D eigenvalue weighted by Gasteiger charge is 2.34. The van der Waals surface area contributed by atoms with Crippen LogP contribution in [0.25, 0.3) is 11.3 Å². The van der Waals surface area contributed by atoms with Crippen LogP contribution < -0.4 is 15.4 Å². The Hall–Kier alpha value is -3.61. The number of nitrogens with zero attached hydrogens (tertiary/aromatic N) is 2. The molecule has 0 fully saturated rings. The second-order valence-corrected chi connectivity index (χ2v) is 6.62. The summed E-state index contributed by atoms with van der Waals surface area (Å²) >= 11 is 0. The standard InChI is InChI=1S/C21H20N4O3/c1-13-19(14-6-4-3-5-7-14)24-25-17(12-18(26)23-20(13)25)21(27)22-15-8-10-16(28-2)11-9-15/h3-11,17H,12H2,1-2H3,(H,22,27)(H,23,26). The van der Waals surface area contributed by atoms with Crippen LogP contribution in [-0.4, -0.2) is 28.7 Å². The molecule has 0 saturated heterocycles. The smallest absolute Gasteiger partial charge is 0.249 e. The van der Waals surface area contributed by atoms with Gasteiger partial charge in [-0.15, -0.1) is 0 Å². The number of carbonyl (C=O) groups excluding carboxylic acids is 2. The number of benzene rings is 2. The molecule has 3 aromatic rings. The molecule has 2 amide bonds. The maximum Gasteiger partial charge on any atom is 0.249 e. The van der Waals surface area contributed by atoms with Gasteiger partial charge in [-0.1, -0.05) is 30.3 Å². The number of aromatic nitrogens is 2. The minimum Gasteiger partial charge on any atom is -0.497 e. The second kappa shape index (κ2) is 7.19. The minimum absolute atomic E-state index is 0.0321. The number of ether oxygens (including phenoxy) is 1. The molecule has 1 unspecified atom stereocenters. The van der Waals surface area contributed by atoms with Gasteiger partial charge in [0.05, 0.1) is 19.2 Å². The molecule has 7 heteroatoms. The van der Waals surface area contributed by atoms with Crippen molar-refractivity contribution < 1.29 is 14.3 Å². The lowest BCUT2D eigenvalue weighted by molar-refractivity contribution is -0.125. The molecule has 1 aliphatic heterocycles.